The highest BCUT2D eigenvalue weighted by Crippen LogP contribution is 2.17. The van der Waals surface area contributed by atoms with Crippen LogP contribution in [-0.2, 0) is 0 Å². The van der Waals surface area contributed by atoms with Gasteiger partial charge < -0.3 is 4.74 Å². The van der Waals surface area contributed by atoms with Crippen molar-refractivity contribution >= 4 is 17.4 Å². The molecule has 3 heteroatoms. The molecule has 0 aliphatic rings. The smallest absolute Gasteiger partial charge is 0.193 e. The summed E-state index contributed by atoms with van der Waals surface area (Å²) in [4.78, 5) is 12.1. The van der Waals surface area contributed by atoms with E-state index in [1.54, 1.807) is 55.6 Å². The molecule has 0 aliphatic carbocycles. The Morgan fingerprint density at radius 3 is 2.41 bits per heavy atom. The van der Waals surface area contributed by atoms with E-state index in [4.69, 9.17) is 16.3 Å². The number of ether oxygens (including phenoxy) is 1. The zero-order chi connectivity index (χ0) is 12.3. The summed E-state index contributed by atoms with van der Waals surface area (Å²) in [6.45, 7) is 0. The molecule has 0 aromatic heterocycles. The highest BCUT2D eigenvalue weighted by molar-refractivity contribution is 6.30. The Bertz CT molecular complexity index is 532. The average molecular weight is 247 g/mol. The number of hydrogen-bond donors (Lipinski definition) is 0. The quantitative estimate of drug-likeness (QED) is 0.774. The molecular formula is C14H11ClO2. The van der Waals surface area contributed by atoms with Crippen molar-refractivity contribution in [1.29, 1.82) is 0 Å². The minimum Gasteiger partial charge on any atom is -0.497 e. The second-order valence-corrected chi connectivity index (χ2v) is 4.00. The zero-order valence-corrected chi connectivity index (χ0v) is 10.1. The van der Waals surface area contributed by atoms with E-state index in [0.29, 0.717) is 21.9 Å². The molecule has 86 valence electrons. The first-order valence-electron chi connectivity index (χ1n) is 5.15. The second-order valence-electron chi connectivity index (χ2n) is 3.57. The molecule has 0 aliphatic heterocycles. The van der Waals surface area contributed by atoms with Gasteiger partial charge in [-0.15, -0.1) is 0 Å². The number of carbonyl (C=O) groups excluding carboxylic acids is 1. The summed E-state index contributed by atoms with van der Waals surface area (Å²) >= 11 is 5.78. The first-order valence-corrected chi connectivity index (χ1v) is 5.53. The molecule has 0 amide bonds. The Hall–Kier alpha value is -1.80. The van der Waals surface area contributed by atoms with Crippen LogP contribution >= 0.6 is 11.6 Å². The van der Waals surface area contributed by atoms with Gasteiger partial charge in [-0.3, -0.25) is 4.79 Å². The van der Waals surface area contributed by atoms with Crippen molar-refractivity contribution in [2.24, 2.45) is 0 Å². The molecule has 0 unspecified atom stereocenters. The van der Waals surface area contributed by atoms with E-state index in [1.165, 1.54) is 0 Å². The van der Waals surface area contributed by atoms with E-state index in [9.17, 15) is 4.79 Å². The van der Waals surface area contributed by atoms with Gasteiger partial charge in [0.25, 0.3) is 0 Å². The largest absolute Gasteiger partial charge is 0.497 e. The van der Waals surface area contributed by atoms with E-state index in [1.807, 2.05) is 0 Å². The van der Waals surface area contributed by atoms with E-state index < -0.39 is 0 Å². The normalized spacial score (nSPS) is 10.0. The molecule has 2 aromatic carbocycles. The number of halogens is 1. The van der Waals surface area contributed by atoms with Gasteiger partial charge in [0.2, 0.25) is 0 Å². The standard InChI is InChI=1S/C14H11ClO2/c1-17-13-4-2-3-11(9-13)14(16)10-5-7-12(15)8-6-10/h2-9H,1H3. The monoisotopic (exact) mass is 246 g/mol. The minimum absolute atomic E-state index is 0.0411. The van der Waals surface area contributed by atoms with Crippen molar-refractivity contribution in [3.8, 4) is 5.75 Å². The third-order valence-corrected chi connectivity index (χ3v) is 2.69. The fourth-order valence-corrected chi connectivity index (χ4v) is 1.66. The SMILES string of the molecule is COc1cccc(C(=O)c2ccc(Cl)cc2)c1. The number of hydrogen-bond acceptors (Lipinski definition) is 2. The van der Waals surface area contributed by atoms with Crippen LogP contribution in [0, 0.1) is 0 Å². The summed E-state index contributed by atoms with van der Waals surface area (Å²) in [5.41, 5.74) is 1.22. The van der Waals surface area contributed by atoms with E-state index in [-0.39, 0.29) is 5.78 Å². The lowest BCUT2D eigenvalue weighted by Gasteiger charge is -2.04. The molecule has 17 heavy (non-hydrogen) atoms. The molecule has 0 saturated carbocycles. The van der Waals surface area contributed by atoms with Gasteiger partial charge in [0, 0.05) is 16.1 Å². The van der Waals surface area contributed by atoms with Crippen molar-refractivity contribution < 1.29 is 9.53 Å². The molecule has 0 heterocycles. The summed E-state index contributed by atoms with van der Waals surface area (Å²) in [6, 6.07) is 13.9. The molecule has 0 N–H and O–H groups in total. The van der Waals surface area contributed by atoms with Crippen LogP contribution in [0.25, 0.3) is 0 Å². The predicted molar refractivity (Wildman–Crippen MR) is 67.9 cm³/mol. The van der Waals surface area contributed by atoms with Crippen LogP contribution < -0.4 is 4.74 Å². The number of benzene rings is 2. The number of carbonyl (C=O) groups is 1. The topological polar surface area (TPSA) is 26.3 Å². The molecule has 0 fully saturated rings. The van der Waals surface area contributed by atoms with Crippen molar-refractivity contribution in [3.63, 3.8) is 0 Å². The van der Waals surface area contributed by atoms with Crippen LogP contribution in [0.1, 0.15) is 15.9 Å². The second kappa shape index (κ2) is 5.02. The van der Waals surface area contributed by atoms with Gasteiger partial charge in [0.1, 0.15) is 5.75 Å². The highest BCUT2D eigenvalue weighted by Gasteiger charge is 2.09. The molecule has 2 aromatic rings. The first kappa shape index (κ1) is 11.7. The molecule has 0 spiro atoms. The van der Waals surface area contributed by atoms with Gasteiger partial charge in [-0.05, 0) is 36.4 Å². The Morgan fingerprint density at radius 2 is 1.76 bits per heavy atom. The van der Waals surface area contributed by atoms with Crippen LogP contribution in [0.4, 0.5) is 0 Å². The maximum atomic E-state index is 12.1. The molecule has 0 atom stereocenters. The van der Waals surface area contributed by atoms with E-state index in [0.717, 1.165) is 0 Å². The van der Waals surface area contributed by atoms with Gasteiger partial charge in [-0.1, -0.05) is 23.7 Å². The number of methoxy groups -OCH3 is 1. The number of rotatable bonds is 3. The Morgan fingerprint density at radius 1 is 1.06 bits per heavy atom. The van der Waals surface area contributed by atoms with Crippen LogP contribution in [0.2, 0.25) is 5.02 Å². The molecule has 0 bridgehead atoms. The number of ketones is 1. The predicted octanol–water partition coefficient (Wildman–Crippen LogP) is 3.58. The van der Waals surface area contributed by atoms with Crippen molar-refractivity contribution in [2.75, 3.05) is 7.11 Å². The maximum Gasteiger partial charge on any atom is 0.193 e. The summed E-state index contributed by atoms with van der Waals surface area (Å²) in [5.74, 6) is 0.630. The fraction of sp³-hybridized carbons (Fsp3) is 0.0714. The molecule has 0 radical (unpaired) electrons. The van der Waals surface area contributed by atoms with Crippen LogP contribution in [0.3, 0.4) is 0 Å². The van der Waals surface area contributed by atoms with Crippen molar-refractivity contribution in [3.05, 3.63) is 64.7 Å². The summed E-state index contributed by atoms with van der Waals surface area (Å²) in [5, 5.41) is 0.618. The van der Waals surface area contributed by atoms with Gasteiger partial charge in [0.15, 0.2) is 5.78 Å². The summed E-state index contributed by atoms with van der Waals surface area (Å²) < 4.78 is 5.09. The van der Waals surface area contributed by atoms with Crippen molar-refractivity contribution in [2.45, 2.75) is 0 Å². The van der Waals surface area contributed by atoms with Gasteiger partial charge in [0.05, 0.1) is 7.11 Å². The highest BCUT2D eigenvalue weighted by atomic mass is 35.5. The fourth-order valence-electron chi connectivity index (χ4n) is 1.53. The lowest BCUT2D eigenvalue weighted by atomic mass is 10.0. The van der Waals surface area contributed by atoms with Gasteiger partial charge in [-0.2, -0.15) is 0 Å². The third-order valence-electron chi connectivity index (χ3n) is 2.44. The van der Waals surface area contributed by atoms with Crippen LogP contribution in [-0.4, -0.2) is 12.9 Å². The third kappa shape index (κ3) is 2.66. The van der Waals surface area contributed by atoms with Gasteiger partial charge >= 0.3 is 0 Å². The lowest BCUT2D eigenvalue weighted by molar-refractivity contribution is 0.103. The molecular weight excluding hydrogens is 236 g/mol. The van der Waals surface area contributed by atoms with Crippen molar-refractivity contribution in [1.82, 2.24) is 0 Å². The average Bonchev–Trinajstić information content (AvgIpc) is 2.39. The molecule has 2 nitrogen and oxygen atoms in total. The van der Waals surface area contributed by atoms with Gasteiger partial charge in [-0.25, -0.2) is 0 Å². The zero-order valence-electron chi connectivity index (χ0n) is 9.31. The minimum atomic E-state index is -0.0411. The van der Waals surface area contributed by atoms with E-state index in [2.05, 4.69) is 0 Å². The molecule has 0 saturated heterocycles. The van der Waals surface area contributed by atoms with Crippen LogP contribution in [0.5, 0.6) is 5.75 Å². The lowest BCUT2D eigenvalue weighted by Crippen LogP contribution is -2.01. The Labute approximate surface area is 105 Å². The first-order chi connectivity index (χ1) is 8.20. The van der Waals surface area contributed by atoms with E-state index >= 15 is 0 Å². The summed E-state index contributed by atoms with van der Waals surface area (Å²) in [7, 11) is 1.58. The summed E-state index contributed by atoms with van der Waals surface area (Å²) in [6.07, 6.45) is 0. The Kier molecular flexibility index (Phi) is 3.45. The molecule has 2 rings (SSSR count). The Balaban J connectivity index is 2.33. The maximum absolute atomic E-state index is 12.1. The van der Waals surface area contributed by atoms with Crippen LogP contribution in [0.15, 0.2) is 48.5 Å².